The Kier molecular flexibility index (Phi) is 5.27. The third kappa shape index (κ3) is 3.85. The van der Waals surface area contributed by atoms with E-state index < -0.39 is 10.0 Å². The summed E-state index contributed by atoms with van der Waals surface area (Å²) < 4.78 is 40.3. The largest absolute Gasteiger partial charge is 0.492 e. The van der Waals surface area contributed by atoms with Gasteiger partial charge in [-0.2, -0.15) is 4.31 Å². The second-order valence-electron chi connectivity index (χ2n) is 9.30. The first-order chi connectivity index (χ1) is 14.5. The molecule has 0 bridgehead atoms. The van der Waals surface area contributed by atoms with Crippen molar-refractivity contribution in [1.82, 2.24) is 9.21 Å². The fourth-order valence-corrected chi connectivity index (χ4v) is 6.65. The Balaban J connectivity index is 1.37. The van der Waals surface area contributed by atoms with Crippen molar-refractivity contribution in [3.8, 4) is 5.75 Å². The molecule has 4 aliphatic rings. The Hall–Kier alpha value is -1.64. The molecule has 0 aromatic heterocycles. The van der Waals surface area contributed by atoms with Gasteiger partial charge in [0.25, 0.3) is 5.91 Å². The lowest BCUT2D eigenvalue weighted by Crippen LogP contribution is -2.53. The molecule has 1 aromatic rings. The van der Waals surface area contributed by atoms with Gasteiger partial charge in [-0.25, -0.2) is 8.42 Å². The number of fused-ring (bicyclic) bond motifs is 1. The molecule has 1 aliphatic carbocycles. The summed E-state index contributed by atoms with van der Waals surface area (Å²) in [4.78, 5) is 14.9. The van der Waals surface area contributed by atoms with Crippen LogP contribution >= 0.6 is 0 Å². The van der Waals surface area contributed by atoms with Crippen LogP contribution in [0.25, 0.3) is 0 Å². The normalized spacial score (nSPS) is 28.4. The van der Waals surface area contributed by atoms with Gasteiger partial charge in [0.1, 0.15) is 16.7 Å². The molecule has 5 rings (SSSR count). The number of benzene rings is 1. The van der Waals surface area contributed by atoms with E-state index in [1.165, 1.54) is 0 Å². The van der Waals surface area contributed by atoms with Gasteiger partial charge in [-0.3, -0.25) is 4.79 Å². The lowest BCUT2D eigenvalue weighted by atomic mass is 9.78. The number of ether oxygens (including phenoxy) is 2. The van der Waals surface area contributed by atoms with E-state index in [0.717, 1.165) is 38.5 Å². The van der Waals surface area contributed by atoms with Crippen LogP contribution in [0, 0.1) is 11.3 Å². The summed E-state index contributed by atoms with van der Waals surface area (Å²) in [6.45, 7) is 3.43. The Labute approximate surface area is 178 Å². The highest BCUT2D eigenvalue weighted by molar-refractivity contribution is 7.89. The van der Waals surface area contributed by atoms with Gasteiger partial charge >= 0.3 is 0 Å². The van der Waals surface area contributed by atoms with Crippen LogP contribution in [0.15, 0.2) is 29.2 Å². The number of likely N-dealkylation sites (tertiary alicyclic amines) is 1. The maximum atomic E-state index is 13.5. The van der Waals surface area contributed by atoms with E-state index in [0.29, 0.717) is 51.1 Å². The molecule has 2 saturated heterocycles. The summed E-state index contributed by atoms with van der Waals surface area (Å²) in [6.07, 6.45) is 5.12. The molecule has 3 aliphatic heterocycles. The number of sulfonamides is 1. The van der Waals surface area contributed by atoms with Crippen LogP contribution in [0.2, 0.25) is 0 Å². The predicted molar refractivity (Wildman–Crippen MR) is 111 cm³/mol. The Bertz CT molecular complexity index is 900. The number of hydrogen-bond donors (Lipinski definition) is 0. The third-order valence-corrected chi connectivity index (χ3v) is 8.86. The highest BCUT2D eigenvalue weighted by Gasteiger charge is 2.45. The van der Waals surface area contributed by atoms with Crippen molar-refractivity contribution in [1.29, 1.82) is 0 Å². The lowest BCUT2D eigenvalue weighted by Gasteiger charge is -2.45. The maximum absolute atomic E-state index is 13.5. The molecule has 8 heteroatoms. The average Bonchev–Trinajstić information content (AvgIpc) is 3.40. The van der Waals surface area contributed by atoms with Crippen LogP contribution in [-0.4, -0.2) is 69.0 Å². The first-order valence-corrected chi connectivity index (χ1v) is 12.5. The van der Waals surface area contributed by atoms with Gasteiger partial charge in [0.2, 0.25) is 10.0 Å². The van der Waals surface area contributed by atoms with E-state index in [2.05, 4.69) is 0 Å². The lowest BCUT2D eigenvalue weighted by molar-refractivity contribution is -0.143. The molecule has 1 atom stereocenters. The first-order valence-electron chi connectivity index (χ1n) is 11.1. The predicted octanol–water partition coefficient (Wildman–Crippen LogP) is 2.27. The Morgan fingerprint density at radius 1 is 1.13 bits per heavy atom. The molecule has 1 spiro atoms. The van der Waals surface area contributed by atoms with E-state index in [1.807, 2.05) is 11.0 Å². The summed E-state index contributed by atoms with van der Waals surface area (Å²) in [6, 6.07) is 6.96. The molecule has 0 unspecified atom stereocenters. The number of para-hydroxylation sites is 1. The monoisotopic (exact) mass is 434 g/mol. The van der Waals surface area contributed by atoms with Crippen molar-refractivity contribution in [3.63, 3.8) is 0 Å². The first kappa shape index (κ1) is 20.3. The van der Waals surface area contributed by atoms with Gasteiger partial charge < -0.3 is 14.4 Å². The summed E-state index contributed by atoms with van der Waals surface area (Å²) in [5, 5.41) is 0. The van der Waals surface area contributed by atoms with Gasteiger partial charge in [-0.05, 0) is 56.6 Å². The van der Waals surface area contributed by atoms with Crippen LogP contribution in [0.4, 0.5) is 0 Å². The molecule has 3 heterocycles. The van der Waals surface area contributed by atoms with E-state index in [1.54, 1.807) is 22.5 Å². The molecular weight excluding hydrogens is 404 g/mol. The molecular formula is C22H30N2O5S. The molecule has 0 radical (unpaired) electrons. The summed E-state index contributed by atoms with van der Waals surface area (Å²) in [5.74, 6) is 0.989. The molecule has 1 amide bonds. The standard InChI is InChI=1S/C22H30N2O5S/c25-21(19-5-3-13-28-19)23-11-9-22(10-12-23)15-24(14-17-7-8-17)30(26,27)20-6-2-1-4-18(20)29-16-22/h1-2,4,6,17,19H,3,5,7-16H2/t19-/m0/s1. The van der Waals surface area contributed by atoms with E-state index in [9.17, 15) is 13.2 Å². The Morgan fingerprint density at radius 2 is 1.90 bits per heavy atom. The van der Waals surface area contributed by atoms with Gasteiger partial charge in [0.05, 0.1) is 6.61 Å². The SMILES string of the molecule is O=C([C@@H]1CCCO1)N1CCC2(CC1)COc1ccccc1S(=O)(=O)N(CC1CC1)C2. The third-order valence-electron chi connectivity index (χ3n) is 7.01. The molecule has 30 heavy (non-hydrogen) atoms. The van der Waals surface area contributed by atoms with Crippen molar-refractivity contribution in [2.75, 3.05) is 39.4 Å². The Morgan fingerprint density at radius 3 is 2.60 bits per heavy atom. The quantitative estimate of drug-likeness (QED) is 0.730. The van der Waals surface area contributed by atoms with Crippen LogP contribution in [0.5, 0.6) is 5.75 Å². The topological polar surface area (TPSA) is 76.1 Å². The van der Waals surface area contributed by atoms with E-state index in [-0.39, 0.29) is 22.3 Å². The van der Waals surface area contributed by atoms with Gasteiger partial charge in [0, 0.05) is 38.2 Å². The zero-order valence-electron chi connectivity index (χ0n) is 17.3. The fourth-order valence-electron chi connectivity index (χ4n) is 4.89. The molecule has 0 N–H and O–H groups in total. The molecule has 164 valence electrons. The number of nitrogens with zero attached hydrogens (tertiary/aromatic N) is 2. The average molecular weight is 435 g/mol. The zero-order valence-corrected chi connectivity index (χ0v) is 18.1. The number of hydrogen-bond acceptors (Lipinski definition) is 5. The van der Waals surface area contributed by atoms with Crippen molar-refractivity contribution in [2.45, 2.75) is 49.5 Å². The fraction of sp³-hybridized carbons (Fsp3) is 0.682. The second-order valence-corrected chi connectivity index (χ2v) is 11.2. The van der Waals surface area contributed by atoms with Gasteiger partial charge in [0.15, 0.2) is 0 Å². The number of rotatable bonds is 3. The van der Waals surface area contributed by atoms with E-state index >= 15 is 0 Å². The molecule has 7 nitrogen and oxygen atoms in total. The number of piperidine rings is 1. The van der Waals surface area contributed by atoms with Crippen molar-refractivity contribution < 1.29 is 22.7 Å². The minimum atomic E-state index is -3.61. The van der Waals surface area contributed by atoms with Crippen LogP contribution in [0.1, 0.15) is 38.5 Å². The second kappa shape index (κ2) is 7.80. The highest BCUT2D eigenvalue weighted by Crippen LogP contribution is 2.41. The molecule has 3 fully saturated rings. The van der Waals surface area contributed by atoms with Gasteiger partial charge in [-0.1, -0.05) is 12.1 Å². The van der Waals surface area contributed by atoms with Crippen LogP contribution in [-0.2, 0) is 19.6 Å². The smallest absolute Gasteiger partial charge is 0.251 e. The van der Waals surface area contributed by atoms with Crippen molar-refractivity contribution in [3.05, 3.63) is 24.3 Å². The molecule has 1 saturated carbocycles. The van der Waals surface area contributed by atoms with Crippen molar-refractivity contribution in [2.24, 2.45) is 11.3 Å². The van der Waals surface area contributed by atoms with Crippen molar-refractivity contribution >= 4 is 15.9 Å². The maximum Gasteiger partial charge on any atom is 0.251 e. The van der Waals surface area contributed by atoms with Gasteiger partial charge in [-0.15, -0.1) is 0 Å². The number of carbonyl (C=O) groups excluding carboxylic acids is 1. The van der Waals surface area contributed by atoms with Crippen LogP contribution in [0.3, 0.4) is 0 Å². The van der Waals surface area contributed by atoms with E-state index in [4.69, 9.17) is 9.47 Å². The minimum Gasteiger partial charge on any atom is -0.492 e. The van der Waals surface area contributed by atoms with Crippen LogP contribution < -0.4 is 4.74 Å². The molecule has 1 aromatic carbocycles. The number of amides is 1. The summed E-state index contributed by atoms with van der Waals surface area (Å²) in [7, 11) is -3.61. The minimum absolute atomic E-state index is 0.0851. The zero-order chi connectivity index (χ0) is 20.8. The summed E-state index contributed by atoms with van der Waals surface area (Å²) >= 11 is 0. The number of carbonyl (C=O) groups is 1. The summed E-state index contributed by atoms with van der Waals surface area (Å²) in [5.41, 5.74) is -0.275. The highest BCUT2D eigenvalue weighted by atomic mass is 32.2.